The number of ether oxygens (including phenoxy) is 2. The Kier molecular flexibility index (Phi) is 23.4. The van der Waals surface area contributed by atoms with Gasteiger partial charge in [0.05, 0.1) is 19.4 Å². The summed E-state index contributed by atoms with van der Waals surface area (Å²) in [4.78, 5) is 79.1. The number of hydrogen-bond donors (Lipinski definition) is 10. The zero-order valence-corrected chi connectivity index (χ0v) is 32.6. The first-order chi connectivity index (χ1) is 24.1. The van der Waals surface area contributed by atoms with Crippen LogP contribution in [0.2, 0.25) is 0 Å². The van der Waals surface area contributed by atoms with Crippen LogP contribution in [0.3, 0.4) is 0 Å². The van der Waals surface area contributed by atoms with E-state index in [0.717, 1.165) is 32.1 Å². The molecule has 0 aromatic rings. The van der Waals surface area contributed by atoms with Crippen LogP contribution in [0.5, 0.6) is 0 Å². The summed E-state index contributed by atoms with van der Waals surface area (Å²) in [6, 6.07) is 0. The van der Waals surface area contributed by atoms with Gasteiger partial charge >= 0.3 is 37.0 Å². The second-order valence-electron chi connectivity index (χ2n) is 12.6. The Morgan fingerprint density at radius 3 is 1.48 bits per heavy atom. The molecule has 52 heavy (non-hydrogen) atoms. The van der Waals surface area contributed by atoms with Crippen LogP contribution in [0.1, 0.15) is 96.8 Å². The number of carbonyl (C=O) groups is 1. The van der Waals surface area contributed by atoms with Crippen LogP contribution < -0.4 is 0 Å². The van der Waals surface area contributed by atoms with Crippen molar-refractivity contribution in [3.05, 3.63) is 0 Å². The van der Waals surface area contributed by atoms with E-state index >= 15 is 0 Å². The molecule has 1 aliphatic rings. The van der Waals surface area contributed by atoms with Crippen molar-refractivity contribution in [3.63, 3.8) is 0 Å². The standard InChI is InChI=1S/C27H56O21P4/c1-2-3-4-5-6-7-8-9-10-11-12-13-14-15-22(29)45-20(16-43-19-28)17-44-52(41,42)48-27-23(30)25(46-50(35,36)37)21(18-49(32,33)34)26(24(27)31)47-51(38,39)40/h20-21,23-28,30-31H,2-19H2,1H3,(H,41,42)(H2,32,33,34)(H2,35,36,37)(H2,38,39,40)/t20-,21?,23+,24?,25?,26-,27?/m1/s1. The van der Waals surface area contributed by atoms with Crippen LogP contribution in [-0.2, 0) is 50.6 Å². The molecule has 10 N–H and O–H groups in total. The third kappa shape index (κ3) is 22.4. The summed E-state index contributed by atoms with van der Waals surface area (Å²) in [6.45, 7) is -0.122. The predicted octanol–water partition coefficient (Wildman–Crippen LogP) is 2.33. The molecule has 1 saturated carbocycles. The van der Waals surface area contributed by atoms with Crippen molar-refractivity contribution in [2.75, 3.05) is 26.2 Å². The minimum atomic E-state index is -5.67. The maximum atomic E-state index is 12.9. The molecule has 8 atom stereocenters. The van der Waals surface area contributed by atoms with Gasteiger partial charge in [0, 0.05) is 12.3 Å². The summed E-state index contributed by atoms with van der Waals surface area (Å²) in [5.74, 6) is -2.96. The molecule has 0 spiro atoms. The van der Waals surface area contributed by atoms with Crippen molar-refractivity contribution in [2.24, 2.45) is 5.92 Å². The Bertz CT molecular complexity index is 1170. The molecule has 0 saturated heterocycles. The summed E-state index contributed by atoms with van der Waals surface area (Å²) >= 11 is 0. The van der Waals surface area contributed by atoms with Crippen molar-refractivity contribution < 1.29 is 100 Å². The fraction of sp³-hybridized carbons (Fsp3) is 0.963. The van der Waals surface area contributed by atoms with E-state index < -0.39 is 106 Å². The van der Waals surface area contributed by atoms with E-state index in [1.807, 2.05) is 0 Å². The molecule has 0 aliphatic heterocycles. The smallest absolute Gasteiger partial charge is 0.457 e. The van der Waals surface area contributed by atoms with Gasteiger partial charge in [-0.1, -0.05) is 84.0 Å². The lowest BCUT2D eigenvalue weighted by molar-refractivity contribution is -0.190. The van der Waals surface area contributed by atoms with Crippen LogP contribution in [0.15, 0.2) is 0 Å². The van der Waals surface area contributed by atoms with Crippen LogP contribution in [-0.4, -0.2) is 118 Å². The van der Waals surface area contributed by atoms with Gasteiger partial charge < -0.3 is 59.0 Å². The summed E-state index contributed by atoms with van der Waals surface area (Å²) in [5, 5.41) is 30.6. The largest absolute Gasteiger partial charge is 0.472 e. The van der Waals surface area contributed by atoms with Crippen molar-refractivity contribution in [3.8, 4) is 0 Å². The normalized spacial score (nSPS) is 24.8. The molecule has 1 rings (SSSR count). The van der Waals surface area contributed by atoms with Gasteiger partial charge in [0.2, 0.25) is 0 Å². The summed E-state index contributed by atoms with van der Waals surface area (Å²) in [5.41, 5.74) is 0. The SMILES string of the molecule is CCCCCCCCCCCCCCCC(=O)O[C@H](COCO)COP(=O)(O)OC1C(O)[C@H](OP(=O)(O)O)C(CP(=O)(O)O)C(OP(=O)(O)O)[C@@H]1O. The van der Waals surface area contributed by atoms with E-state index in [-0.39, 0.29) is 6.42 Å². The molecule has 0 heterocycles. The molecule has 0 bridgehead atoms. The monoisotopic (exact) mass is 840 g/mol. The first kappa shape index (κ1) is 49.8. The molecule has 0 amide bonds. The summed E-state index contributed by atoms with van der Waals surface area (Å²) in [6.07, 6.45) is -1.57. The lowest BCUT2D eigenvalue weighted by atomic mass is 9.79. The molecule has 21 nitrogen and oxygen atoms in total. The summed E-state index contributed by atoms with van der Waals surface area (Å²) < 4.78 is 76.3. The predicted molar refractivity (Wildman–Crippen MR) is 180 cm³/mol. The van der Waals surface area contributed by atoms with Gasteiger partial charge in [0.15, 0.2) is 0 Å². The third-order valence-electron chi connectivity index (χ3n) is 8.01. The Morgan fingerprint density at radius 2 is 1.08 bits per heavy atom. The van der Waals surface area contributed by atoms with Crippen LogP contribution >= 0.6 is 31.1 Å². The Hall–Kier alpha value is -0.210. The number of aliphatic hydroxyl groups excluding tert-OH is 3. The molecular formula is C27H56O21P4. The average molecular weight is 841 g/mol. The lowest BCUT2D eigenvalue weighted by Crippen LogP contribution is -2.63. The number of hydrogen-bond acceptors (Lipinski definition) is 14. The molecular weight excluding hydrogens is 784 g/mol. The van der Waals surface area contributed by atoms with E-state index in [4.69, 9.17) is 23.6 Å². The molecule has 310 valence electrons. The maximum absolute atomic E-state index is 12.9. The van der Waals surface area contributed by atoms with Gasteiger partial charge in [-0.05, 0) is 6.42 Å². The first-order valence-electron chi connectivity index (χ1n) is 17.0. The lowest BCUT2D eigenvalue weighted by Gasteiger charge is -2.46. The van der Waals surface area contributed by atoms with Crippen LogP contribution in [0.4, 0.5) is 0 Å². The Morgan fingerprint density at radius 1 is 0.635 bits per heavy atom. The number of unbranched alkanes of at least 4 members (excludes halogenated alkanes) is 12. The van der Waals surface area contributed by atoms with Crippen LogP contribution in [0, 0.1) is 5.92 Å². The minimum Gasteiger partial charge on any atom is -0.457 e. The van der Waals surface area contributed by atoms with E-state index in [0.29, 0.717) is 6.42 Å². The average Bonchev–Trinajstić information content (AvgIpc) is 3.01. The van der Waals surface area contributed by atoms with Gasteiger partial charge in [-0.25, -0.2) is 13.7 Å². The van der Waals surface area contributed by atoms with E-state index in [1.54, 1.807) is 0 Å². The highest BCUT2D eigenvalue weighted by Crippen LogP contribution is 2.54. The van der Waals surface area contributed by atoms with E-state index in [1.165, 1.54) is 44.9 Å². The molecule has 1 aliphatic carbocycles. The number of phosphoric ester groups is 3. The highest BCUT2D eigenvalue weighted by Gasteiger charge is 2.57. The second-order valence-corrected chi connectivity index (χ2v) is 18.0. The zero-order valence-electron chi connectivity index (χ0n) is 29.0. The molecule has 0 radical (unpaired) electrons. The quantitative estimate of drug-likeness (QED) is 0.0223. The van der Waals surface area contributed by atoms with Gasteiger partial charge in [0.1, 0.15) is 43.4 Å². The molecule has 1 fully saturated rings. The van der Waals surface area contributed by atoms with Gasteiger partial charge in [-0.3, -0.25) is 27.5 Å². The highest BCUT2D eigenvalue weighted by atomic mass is 31.2. The van der Waals surface area contributed by atoms with E-state index in [9.17, 15) is 67.5 Å². The Labute approximate surface area is 302 Å². The second kappa shape index (κ2) is 24.4. The topological polar surface area (TPSA) is 343 Å². The van der Waals surface area contributed by atoms with Gasteiger partial charge in [-0.15, -0.1) is 0 Å². The maximum Gasteiger partial charge on any atom is 0.472 e. The molecule has 0 aromatic carbocycles. The van der Waals surface area contributed by atoms with Gasteiger partial charge in [-0.2, -0.15) is 0 Å². The molecule has 5 unspecified atom stereocenters. The third-order valence-corrected chi connectivity index (χ3v) is 10.9. The van der Waals surface area contributed by atoms with Gasteiger partial charge in [0.25, 0.3) is 0 Å². The number of rotatable bonds is 29. The number of aliphatic hydroxyl groups is 3. The number of carbonyl (C=O) groups excluding carboxylic acids is 1. The van der Waals surface area contributed by atoms with Crippen molar-refractivity contribution in [1.29, 1.82) is 0 Å². The Balaban J connectivity index is 2.81. The summed E-state index contributed by atoms with van der Waals surface area (Å²) in [7, 11) is -22.1. The number of esters is 1. The zero-order chi connectivity index (χ0) is 39.6. The number of phosphoric acid groups is 3. The van der Waals surface area contributed by atoms with E-state index in [2.05, 4.69) is 16.0 Å². The first-order valence-corrected chi connectivity index (χ1v) is 23.4. The van der Waals surface area contributed by atoms with Crippen LogP contribution in [0.25, 0.3) is 0 Å². The van der Waals surface area contributed by atoms with Crippen molar-refractivity contribution in [1.82, 2.24) is 0 Å². The minimum absolute atomic E-state index is 0.0151. The fourth-order valence-corrected chi connectivity index (χ4v) is 8.80. The highest BCUT2D eigenvalue weighted by molar-refractivity contribution is 7.51. The molecule has 0 aromatic heterocycles. The molecule has 25 heteroatoms. The fourth-order valence-electron chi connectivity index (χ4n) is 5.67. The van der Waals surface area contributed by atoms with Crippen molar-refractivity contribution >= 4 is 37.0 Å². The van der Waals surface area contributed by atoms with Crippen molar-refractivity contribution in [2.45, 2.75) is 133 Å².